The van der Waals surface area contributed by atoms with E-state index in [1.54, 1.807) is 19.3 Å². The number of carbonyl (C=O) groups is 1. The average Bonchev–Trinajstić information content (AvgIpc) is 2.15. The second-order valence-corrected chi connectivity index (χ2v) is 4.03. The fourth-order valence-corrected chi connectivity index (χ4v) is 1.28. The van der Waals surface area contributed by atoms with Crippen molar-refractivity contribution < 1.29 is 4.79 Å². The zero-order chi connectivity index (χ0) is 10.4. The molecule has 1 heterocycles. The van der Waals surface area contributed by atoms with Crippen molar-refractivity contribution in [3.63, 3.8) is 0 Å². The van der Waals surface area contributed by atoms with Gasteiger partial charge in [-0.1, -0.05) is 23.9 Å². The Balaban J connectivity index is 2.44. The third-order valence-electron chi connectivity index (χ3n) is 1.33. The van der Waals surface area contributed by atoms with Gasteiger partial charge in [0.15, 0.2) is 5.12 Å². The van der Waals surface area contributed by atoms with Gasteiger partial charge in [0.2, 0.25) is 5.28 Å². The van der Waals surface area contributed by atoms with Gasteiger partial charge in [-0.2, -0.15) is 0 Å². The van der Waals surface area contributed by atoms with Crippen LogP contribution in [0.1, 0.15) is 12.5 Å². The fourth-order valence-electron chi connectivity index (χ4n) is 0.758. The van der Waals surface area contributed by atoms with Crippen molar-refractivity contribution in [2.75, 3.05) is 5.75 Å². The smallest absolute Gasteiger partial charge is 0.222 e. The molecule has 0 aliphatic carbocycles. The third kappa shape index (κ3) is 4.39. The van der Waals surface area contributed by atoms with Crippen molar-refractivity contribution in [3.05, 3.63) is 29.3 Å². The minimum absolute atomic E-state index is 0.113. The number of hydrogen-bond donors (Lipinski definition) is 0. The molecule has 1 aromatic heterocycles. The Bertz CT molecular complexity index is 337. The van der Waals surface area contributed by atoms with Crippen LogP contribution in [0.5, 0.6) is 0 Å². The van der Waals surface area contributed by atoms with Gasteiger partial charge in [0.05, 0.1) is 0 Å². The molecule has 0 aromatic carbocycles. The van der Waals surface area contributed by atoms with Crippen LogP contribution in [0, 0.1) is 0 Å². The standard InChI is InChI=1S/C9H9ClN2OS/c1-7(13)14-4-2-3-8-5-11-9(10)12-6-8/h2-3,5-6H,4H2,1H3. The summed E-state index contributed by atoms with van der Waals surface area (Å²) in [5, 5.41) is 0.349. The predicted octanol–water partition coefficient (Wildman–Crippen LogP) is 2.42. The van der Waals surface area contributed by atoms with Crippen LogP contribution in [0.3, 0.4) is 0 Å². The normalized spacial score (nSPS) is 10.7. The zero-order valence-corrected chi connectivity index (χ0v) is 9.18. The number of aromatic nitrogens is 2. The number of rotatable bonds is 3. The van der Waals surface area contributed by atoms with Gasteiger partial charge in [-0.3, -0.25) is 4.79 Å². The van der Waals surface area contributed by atoms with Crippen molar-refractivity contribution >= 4 is 34.6 Å². The van der Waals surface area contributed by atoms with E-state index in [-0.39, 0.29) is 10.4 Å². The molecule has 0 saturated carbocycles. The molecule has 14 heavy (non-hydrogen) atoms. The van der Waals surface area contributed by atoms with Crippen LogP contribution in [-0.2, 0) is 4.79 Å². The first-order valence-electron chi connectivity index (χ1n) is 3.96. The number of hydrogen-bond acceptors (Lipinski definition) is 4. The molecule has 1 aromatic rings. The number of thioether (sulfide) groups is 1. The van der Waals surface area contributed by atoms with Gasteiger partial charge in [-0.25, -0.2) is 9.97 Å². The average molecular weight is 229 g/mol. The second kappa shape index (κ2) is 5.78. The van der Waals surface area contributed by atoms with Gasteiger partial charge in [-0.15, -0.1) is 0 Å². The molecule has 0 saturated heterocycles. The van der Waals surface area contributed by atoms with E-state index in [0.717, 1.165) is 5.56 Å². The van der Waals surface area contributed by atoms with Crippen molar-refractivity contribution in [2.45, 2.75) is 6.92 Å². The highest BCUT2D eigenvalue weighted by Gasteiger charge is 1.91. The molecule has 0 bridgehead atoms. The summed E-state index contributed by atoms with van der Waals surface area (Å²) in [5.41, 5.74) is 0.874. The summed E-state index contributed by atoms with van der Waals surface area (Å²) in [4.78, 5) is 18.2. The molecular formula is C9H9ClN2OS. The van der Waals surface area contributed by atoms with Gasteiger partial charge in [0.1, 0.15) is 0 Å². The highest BCUT2D eigenvalue weighted by molar-refractivity contribution is 8.13. The van der Waals surface area contributed by atoms with Crippen LogP contribution in [0.2, 0.25) is 5.28 Å². The molecule has 0 aliphatic rings. The molecule has 0 atom stereocenters. The maximum Gasteiger partial charge on any atom is 0.222 e. The zero-order valence-electron chi connectivity index (χ0n) is 7.61. The van der Waals surface area contributed by atoms with Crippen LogP contribution in [-0.4, -0.2) is 20.8 Å². The van der Waals surface area contributed by atoms with Gasteiger partial charge < -0.3 is 0 Å². The van der Waals surface area contributed by atoms with E-state index in [9.17, 15) is 4.79 Å². The highest BCUT2D eigenvalue weighted by atomic mass is 35.5. The van der Waals surface area contributed by atoms with Gasteiger partial charge in [0, 0.05) is 30.6 Å². The molecule has 5 heteroatoms. The summed E-state index contributed by atoms with van der Waals surface area (Å²) in [6.07, 6.45) is 7.00. The third-order valence-corrected chi connectivity index (χ3v) is 2.29. The molecule has 0 spiro atoms. The molecular weight excluding hydrogens is 220 g/mol. The maximum absolute atomic E-state index is 10.6. The van der Waals surface area contributed by atoms with Gasteiger partial charge in [-0.05, 0) is 11.6 Å². The Morgan fingerprint density at radius 3 is 2.79 bits per heavy atom. The Kier molecular flexibility index (Phi) is 4.62. The first-order chi connectivity index (χ1) is 6.68. The van der Waals surface area contributed by atoms with Gasteiger partial charge in [0.25, 0.3) is 0 Å². The molecule has 0 aliphatic heterocycles. The summed E-state index contributed by atoms with van der Waals surface area (Å²) >= 11 is 6.78. The van der Waals surface area contributed by atoms with Crippen LogP contribution in [0.25, 0.3) is 6.08 Å². The summed E-state index contributed by atoms with van der Waals surface area (Å²) in [6, 6.07) is 0. The molecule has 0 N–H and O–H groups in total. The topological polar surface area (TPSA) is 42.9 Å². The highest BCUT2D eigenvalue weighted by Crippen LogP contribution is 2.05. The molecule has 3 nitrogen and oxygen atoms in total. The van der Waals surface area contributed by atoms with E-state index in [1.807, 2.05) is 12.2 Å². The molecule has 1 rings (SSSR count). The lowest BCUT2D eigenvalue weighted by Crippen LogP contribution is -1.83. The SMILES string of the molecule is CC(=O)SCC=Cc1cnc(Cl)nc1. The van der Waals surface area contributed by atoms with Crippen LogP contribution < -0.4 is 0 Å². The summed E-state index contributed by atoms with van der Waals surface area (Å²) < 4.78 is 0. The Hall–Kier alpha value is -0.870. The molecule has 74 valence electrons. The molecule has 0 amide bonds. The Labute approximate surface area is 91.6 Å². The summed E-state index contributed by atoms with van der Waals surface area (Å²) in [5.74, 6) is 0.665. The fraction of sp³-hybridized carbons (Fsp3) is 0.222. The lowest BCUT2D eigenvalue weighted by atomic mass is 10.3. The van der Waals surface area contributed by atoms with Crippen LogP contribution in [0.15, 0.2) is 18.5 Å². The Morgan fingerprint density at radius 1 is 1.57 bits per heavy atom. The minimum atomic E-state index is 0.113. The number of carbonyl (C=O) groups excluding carboxylic acids is 1. The van der Waals surface area contributed by atoms with E-state index >= 15 is 0 Å². The van der Waals surface area contributed by atoms with Crippen molar-refractivity contribution in [3.8, 4) is 0 Å². The largest absolute Gasteiger partial charge is 0.288 e. The number of halogens is 1. The van der Waals surface area contributed by atoms with Crippen molar-refractivity contribution in [2.24, 2.45) is 0 Å². The van der Waals surface area contributed by atoms with E-state index in [2.05, 4.69) is 9.97 Å². The van der Waals surface area contributed by atoms with Crippen molar-refractivity contribution in [1.29, 1.82) is 0 Å². The van der Waals surface area contributed by atoms with E-state index in [1.165, 1.54) is 11.8 Å². The summed E-state index contributed by atoms with van der Waals surface area (Å²) in [6.45, 7) is 1.55. The predicted molar refractivity (Wildman–Crippen MR) is 59.2 cm³/mol. The van der Waals surface area contributed by atoms with Gasteiger partial charge >= 0.3 is 0 Å². The lowest BCUT2D eigenvalue weighted by Gasteiger charge is -1.92. The molecule has 0 radical (unpaired) electrons. The second-order valence-electron chi connectivity index (χ2n) is 2.49. The van der Waals surface area contributed by atoms with E-state index in [0.29, 0.717) is 5.75 Å². The quantitative estimate of drug-likeness (QED) is 0.746. The number of nitrogens with zero attached hydrogens (tertiary/aromatic N) is 2. The van der Waals surface area contributed by atoms with E-state index in [4.69, 9.17) is 11.6 Å². The first kappa shape index (κ1) is 11.2. The minimum Gasteiger partial charge on any atom is -0.288 e. The van der Waals surface area contributed by atoms with Crippen molar-refractivity contribution in [1.82, 2.24) is 9.97 Å². The molecule has 0 unspecified atom stereocenters. The first-order valence-corrected chi connectivity index (χ1v) is 5.32. The molecule has 0 fully saturated rings. The van der Waals surface area contributed by atoms with E-state index < -0.39 is 0 Å². The Morgan fingerprint density at radius 2 is 2.21 bits per heavy atom. The maximum atomic E-state index is 10.6. The van der Waals surface area contributed by atoms with Crippen LogP contribution in [0.4, 0.5) is 0 Å². The monoisotopic (exact) mass is 228 g/mol. The lowest BCUT2D eigenvalue weighted by molar-refractivity contribution is -0.109. The van der Waals surface area contributed by atoms with Crippen LogP contribution >= 0.6 is 23.4 Å². The summed E-state index contributed by atoms with van der Waals surface area (Å²) in [7, 11) is 0.